The molecule has 0 saturated heterocycles. The van der Waals surface area contributed by atoms with Gasteiger partial charge in [0.1, 0.15) is 23.2 Å². The molecule has 0 bridgehead atoms. The maximum atomic E-state index is 15.0. The van der Waals surface area contributed by atoms with Crippen LogP contribution in [0.15, 0.2) is 54.6 Å². The maximum absolute atomic E-state index is 15.0. The smallest absolute Gasteiger partial charge is 0.422 e. The van der Waals surface area contributed by atoms with Gasteiger partial charge in [0.15, 0.2) is 24.0 Å². The van der Waals surface area contributed by atoms with Crippen molar-refractivity contribution in [3.8, 4) is 33.8 Å². The van der Waals surface area contributed by atoms with Gasteiger partial charge in [-0.1, -0.05) is 12.1 Å². The highest BCUT2D eigenvalue weighted by molar-refractivity contribution is 5.89. The van der Waals surface area contributed by atoms with Gasteiger partial charge in [-0.05, 0) is 59.8 Å². The van der Waals surface area contributed by atoms with Crippen molar-refractivity contribution in [2.24, 2.45) is 0 Å². The number of fused-ring (bicyclic) bond motifs is 1. The summed E-state index contributed by atoms with van der Waals surface area (Å²) in [5.41, 5.74) is -0.792. The highest BCUT2D eigenvalue weighted by atomic mass is 19.4. The van der Waals surface area contributed by atoms with Gasteiger partial charge in [-0.15, -0.1) is 0 Å². The molecule has 0 fully saturated rings. The number of rotatable bonds is 6. The van der Waals surface area contributed by atoms with Crippen LogP contribution in [-0.2, 0) is 0 Å². The molecule has 0 unspecified atom stereocenters. The first kappa shape index (κ1) is 25.3. The van der Waals surface area contributed by atoms with Gasteiger partial charge < -0.3 is 9.47 Å². The summed E-state index contributed by atoms with van der Waals surface area (Å²) in [7, 11) is 0. The lowest BCUT2D eigenvalue weighted by molar-refractivity contribution is -0.154. The monoisotopic (exact) mass is 512 g/mol. The lowest BCUT2D eigenvalue weighted by Gasteiger charge is -2.14. The molecule has 0 amide bonds. The summed E-state index contributed by atoms with van der Waals surface area (Å²) >= 11 is 0. The van der Waals surface area contributed by atoms with Crippen LogP contribution >= 0.6 is 0 Å². The van der Waals surface area contributed by atoms with Gasteiger partial charge >= 0.3 is 6.18 Å². The van der Waals surface area contributed by atoms with Crippen LogP contribution in [0.2, 0.25) is 0 Å². The summed E-state index contributed by atoms with van der Waals surface area (Å²) in [6.07, 6.45) is -4.81. The molecule has 0 radical (unpaired) electrons. The van der Waals surface area contributed by atoms with Gasteiger partial charge in [-0.3, -0.25) is 0 Å². The molecule has 0 spiro atoms. The van der Waals surface area contributed by atoms with Gasteiger partial charge in [0.05, 0.1) is 12.2 Å². The quantitative estimate of drug-likeness (QED) is 0.243. The van der Waals surface area contributed by atoms with Crippen LogP contribution in [0.5, 0.6) is 11.5 Å². The van der Waals surface area contributed by atoms with Crippen LogP contribution in [0, 0.1) is 29.1 Å². The molecule has 4 aromatic carbocycles. The molecular formula is C26H16F8O2. The van der Waals surface area contributed by atoms with Crippen molar-refractivity contribution in [3.63, 3.8) is 0 Å². The fourth-order valence-electron chi connectivity index (χ4n) is 3.74. The van der Waals surface area contributed by atoms with Crippen molar-refractivity contribution in [2.45, 2.75) is 13.1 Å². The Morgan fingerprint density at radius 1 is 0.694 bits per heavy atom. The number of alkyl halides is 3. The number of halogens is 8. The Kier molecular flexibility index (Phi) is 6.79. The average molecular weight is 512 g/mol. The van der Waals surface area contributed by atoms with Crippen molar-refractivity contribution in [2.75, 3.05) is 13.2 Å². The third kappa shape index (κ3) is 5.07. The van der Waals surface area contributed by atoms with Gasteiger partial charge in [0.25, 0.3) is 0 Å². The van der Waals surface area contributed by atoms with Crippen molar-refractivity contribution >= 4 is 10.8 Å². The Balaban J connectivity index is 1.73. The van der Waals surface area contributed by atoms with Crippen LogP contribution in [0.4, 0.5) is 35.1 Å². The van der Waals surface area contributed by atoms with Crippen molar-refractivity contribution < 1.29 is 44.6 Å². The van der Waals surface area contributed by atoms with Crippen LogP contribution in [-0.4, -0.2) is 19.4 Å². The Labute approximate surface area is 199 Å². The lowest BCUT2D eigenvalue weighted by Crippen LogP contribution is -2.20. The Morgan fingerprint density at radius 2 is 1.39 bits per heavy atom. The van der Waals surface area contributed by atoms with Crippen LogP contribution in [0.1, 0.15) is 6.92 Å². The van der Waals surface area contributed by atoms with E-state index in [1.54, 1.807) is 6.92 Å². The van der Waals surface area contributed by atoms with Crippen LogP contribution in [0.3, 0.4) is 0 Å². The van der Waals surface area contributed by atoms with Crippen molar-refractivity contribution in [3.05, 3.63) is 83.7 Å². The molecule has 0 aliphatic heterocycles. The number of hydrogen-bond acceptors (Lipinski definition) is 2. The highest BCUT2D eigenvalue weighted by Gasteiger charge is 2.30. The van der Waals surface area contributed by atoms with Crippen LogP contribution < -0.4 is 9.47 Å². The molecule has 0 aliphatic rings. The minimum atomic E-state index is -4.81. The molecule has 4 aromatic rings. The third-order valence-corrected chi connectivity index (χ3v) is 5.26. The highest BCUT2D eigenvalue weighted by Crippen LogP contribution is 2.37. The van der Waals surface area contributed by atoms with E-state index in [1.807, 2.05) is 0 Å². The standard InChI is InChI=1S/C26H16F8O2/c1-2-35-16-4-6-17(19(27)11-16)15-8-20(28)23(21(29)9-15)13-3-5-18-14(7-13)10-22(30)25(24(18)31)36-12-26(32,33)34/h3-11H,2,12H2,1H3. The van der Waals surface area contributed by atoms with E-state index in [9.17, 15) is 35.1 Å². The molecule has 0 heterocycles. The van der Waals surface area contributed by atoms with E-state index in [4.69, 9.17) is 4.74 Å². The second-order valence-electron chi connectivity index (χ2n) is 7.73. The predicted molar refractivity (Wildman–Crippen MR) is 117 cm³/mol. The zero-order valence-corrected chi connectivity index (χ0v) is 18.5. The van der Waals surface area contributed by atoms with Gasteiger partial charge in [-0.25, -0.2) is 22.0 Å². The average Bonchev–Trinajstić information content (AvgIpc) is 2.78. The molecule has 4 rings (SSSR count). The van der Waals surface area contributed by atoms with E-state index in [1.165, 1.54) is 12.1 Å². The first-order valence-corrected chi connectivity index (χ1v) is 10.5. The Morgan fingerprint density at radius 3 is 2.00 bits per heavy atom. The van der Waals surface area contributed by atoms with Crippen molar-refractivity contribution in [1.29, 1.82) is 0 Å². The van der Waals surface area contributed by atoms with Gasteiger partial charge in [-0.2, -0.15) is 13.2 Å². The first-order chi connectivity index (χ1) is 17.0. The Hall–Kier alpha value is -3.82. The number of ether oxygens (including phenoxy) is 2. The van der Waals surface area contributed by atoms with E-state index >= 15 is 0 Å². The van der Waals surface area contributed by atoms with Gasteiger partial charge in [0, 0.05) is 17.0 Å². The molecule has 2 nitrogen and oxygen atoms in total. The van der Waals surface area contributed by atoms with Gasteiger partial charge in [0.2, 0.25) is 0 Å². The fraction of sp³-hybridized carbons (Fsp3) is 0.154. The molecule has 188 valence electrons. The second-order valence-corrected chi connectivity index (χ2v) is 7.73. The third-order valence-electron chi connectivity index (χ3n) is 5.26. The zero-order valence-electron chi connectivity index (χ0n) is 18.5. The zero-order chi connectivity index (χ0) is 26.2. The van der Waals surface area contributed by atoms with E-state index in [0.29, 0.717) is 12.7 Å². The molecule has 0 aromatic heterocycles. The number of hydrogen-bond donors (Lipinski definition) is 0. The number of benzene rings is 4. The molecule has 0 atom stereocenters. The van der Waals surface area contributed by atoms with E-state index in [2.05, 4.69) is 4.74 Å². The summed E-state index contributed by atoms with van der Waals surface area (Å²) in [5.74, 6) is -6.66. The minimum Gasteiger partial charge on any atom is -0.494 e. The maximum Gasteiger partial charge on any atom is 0.422 e. The fourth-order valence-corrected chi connectivity index (χ4v) is 3.74. The second kappa shape index (κ2) is 9.67. The van der Waals surface area contributed by atoms with E-state index in [-0.39, 0.29) is 33.2 Å². The van der Waals surface area contributed by atoms with Crippen LogP contribution in [0.25, 0.3) is 33.0 Å². The first-order valence-electron chi connectivity index (χ1n) is 10.5. The SMILES string of the molecule is CCOc1ccc(-c2cc(F)c(-c3ccc4c(F)c(OCC(F)(F)F)c(F)cc4c3)c(F)c2)c(F)c1. The molecule has 0 saturated carbocycles. The largest absolute Gasteiger partial charge is 0.494 e. The molecule has 0 aliphatic carbocycles. The molecule has 36 heavy (non-hydrogen) atoms. The molecule has 0 N–H and O–H groups in total. The summed E-state index contributed by atoms with van der Waals surface area (Å²) in [4.78, 5) is 0. The summed E-state index contributed by atoms with van der Waals surface area (Å²) in [5, 5.41) is -0.478. The predicted octanol–water partition coefficient (Wildman–Crippen LogP) is 8.21. The summed E-state index contributed by atoms with van der Waals surface area (Å²) < 4.78 is 120. The minimum absolute atomic E-state index is 0.0724. The normalized spacial score (nSPS) is 11.7. The van der Waals surface area contributed by atoms with Crippen molar-refractivity contribution in [1.82, 2.24) is 0 Å². The summed E-state index contributed by atoms with van der Waals surface area (Å²) in [6.45, 7) is 0.117. The summed E-state index contributed by atoms with van der Waals surface area (Å²) in [6, 6.07) is 9.61. The molecule has 10 heteroatoms. The van der Waals surface area contributed by atoms with E-state index < -0.39 is 53.2 Å². The lowest BCUT2D eigenvalue weighted by atomic mass is 9.96. The van der Waals surface area contributed by atoms with E-state index in [0.717, 1.165) is 36.4 Å². The molecular weight excluding hydrogens is 496 g/mol. The topological polar surface area (TPSA) is 18.5 Å². The Bertz CT molecular complexity index is 1420.